The second kappa shape index (κ2) is 7.24. The molecule has 0 aromatic heterocycles. The first-order valence-electron chi connectivity index (χ1n) is 5.99. The van der Waals surface area contributed by atoms with Gasteiger partial charge in [0, 0.05) is 19.8 Å². The van der Waals surface area contributed by atoms with E-state index in [0.717, 1.165) is 0 Å². The molecule has 0 heterocycles. The van der Waals surface area contributed by atoms with Gasteiger partial charge in [0.1, 0.15) is 0 Å². The van der Waals surface area contributed by atoms with Crippen molar-refractivity contribution in [2.24, 2.45) is 0 Å². The van der Waals surface area contributed by atoms with Gasteiger partial charge in [-0.05, 0) is 31.0 Å². The molecule has 0 saturated heterocycles. The number of nitrogens with one attached hydrogen (secondary N) is 1. The lowest BCUT2D eigenvalue weighted by molar-refractivity contribution is 0.158. The van der Waals surface area contributed by atoms with Crippen LogP contribution in [0.15, 0.2) is 17.0 Å². The molecule has 0 bridgehead atoms. The van der Waals surface area contributed by atoms with Crippen molar-refractivity contribution in [1.82, 2.24) is 4.72 Å². The smallest absolute Gasteiger partial charge is 0.241 e. The lowest BCUT2D eigenvalue weighted by Gasteiger charge is -2.18. The molecule has 0 amide bonds. The van der Waals surface area contributed by atoms with Gasteiger partial charge in [-0.2, -0.15) is 0 Å². The van der Waals surface area contributed by atoms with Gasteiger partial charge in [0.25, 0.3) is 0 Å². The lowest BCUT2D eigenvalue weighted by Crippen LogP contribution is -2.38. The molecule has 8 heteroatoms. The number of aliphatic hydroxyl groups is 1. The third-order valence-corrected chi connectivity index (χ3v) is 4.74. The fourth-order valence-electron chi connectivity index (χ4n) is 1.77. The Bertz CT molecular complexity index is 557. The highest BCUT2D eigenvalue weighted by molar-refractivity contribution is 7.89. The fraction of sp³-hybridized carbons (Fsp3) is 0.500. The fourth-order valence-corrected chi connectivity index (χ4v) is 3.51. The molecule has 1 rings (SSSR count). The maximum atomic E-state index is 12.3. The van der Waals surface area contributed by atoms with E-state index < -0.39 is 16.1 Å². The van der Waals surface area contributed by atoms with Crippen molar-refractivity contribution >= 4 is 27.3 Å². The predicted octanol–water partition coefficient (Wildman–Crippen LogP) is 0.906. The second-order valence-corrected chi connectivity index (χ2v) is 6.51. The molecule has 0 spiro atoms. The number of aliphatic hydroxyl groups excluding tert-OH is 1. The van der Waals surface area contributed by atoms with Crippen LogP contribution in [0, 0.1) is 6.92 Å². The predicted molar refractivity (Wildman–Crippen MR) is 78.3 cm³/mol. The Morgan fingerprint density at radius 3 is 2.70 bits per heavy atom. The number of benzene rings is 1. The van der Waals surface area contributed by atoms with Crippen LogP contribution >= 0.6 is 11.6 Å². The van der Waals surface area contributed by atoms with Crippen LogP contribution < -0.4 is 10.5 Å². The summed E-state index contributed by atoms with van der Waals surface area (Å²) in [5.74, 6) is 0. The summed E-state index contributed by atoms with van der Waals surface area (Å²) < 4.78 is 32.1. The lowest BCUT2D eigenvalue weighted by atomic mass is 10.2. The van der Waals surface area contributed by atoms with Gasteiger partial charge in [-0.25, -0.2) is 13.1 Å². The Labute approximate surface area is 123 Å². The van der Waals surface area contributed by atoms with Crippen LogP contribution in [0.1, 0.15) is 12.0 Å². The van der Waals surface area contributed by atoms with Crippen LogP contribution in [0.4, 0.5) is 5.69 Å². The summed E-state index contributed by atoms with van der Waals surface area (Å²) in [5, 5.41) is 9.25. The van der Waals surface area contributed by atoms with Crippen LogP contribution in [0.3, 0.4) is 0 Å². The van der Waals surface area contributed by atoms with Crippen molar-refractivity contribution in [2.75, 3.05) is 26.1 Å². The molecule has 6 nitrogen and oxygen atoms in total. The Kier molecular flexibility index (Phi) is 6.22. The van der Waals surface area contributed by atoms with Crippen molar-refractivity contribution < 1.29 is 18.3 Å². The molecule has 0 radical (unpaired) electrons. The van der Waals surface area contributed by atoms with E-state index in [1.54, 1.807) is 6.92 Å². The molecule has 0 fully saturated rings. The Morgan fingerprint density at radius 2 is 2.15 bits per heavy atom. The summed E-state index contributed by atoms with van der Waals surface area (Å²) in [6.45, 7) is 1.66. The van der Waals surface area contributed by atoms with E-state index in [4.69, 9.17) is 27.2 Å². The molecule has 4 N–H and O–H groups in total. The van der Waals surface area contributed by atoms with Crippen LogP contribution in [-0.2, 0) is 14.8 Å². The van der Waals surface area contributed by atoms with Gasteiger partial charge in [0.2, 0.25) is 10.0 Å². The number of hydrogen-bond acceptors (Lipinski definition) is 5. The zero-order valence-electron chi connectivity index (χ0n) is 11.4. The normalized spacial score (nSPS) is 13.4. The highest BCUT2D eigenvalue weighted by Crippen LogP contribution is 2.26. The molecular weight excluding hydrogens is 304 g/mol. The first-order valence-corrected chi connectivity index (χ1v) is 7.85. The Morgan fingerprint density at radius 1 is 1.50 bits per heavy atom. The molecule has 20 heavy (non-hydrogen) atoms. The molecule has 114 valence electrons. The SMILES string of the molecule is COCC(CCO)NS(=O)(=O)c1cc(N)c(Cl)cc1C. The van der Waals surface area contributed by atoms with Crippen molar-refractivity contribution in [2.45, 2.75) is 24.3 Å². The first-order chi connectivity index (χ1) is 9.31. The summed E-state index contributed by atoms with van der Waals surface area (Å²) in [5.41, 5.74) is 6.34. The number of ether oxygens (including phenoxy) is 1. The number of nitrogens with two attached hydrogens (primary N) is 1. The van der Waals surface area contributed by atoms with Gasteiger partial charge in [-0.1, -0.05) is 11.6 Å². The quantitative estimate of drug-likeness (QED) is 0.648. The van der Waals surface area contributed by atoms with E-state index >= 15 is 0 Å². The maximum absolute atomic E-state index is 12.3. The van der Waals surface area contributed by atoms with Crippen molar-refractivity contribution in [3.8, 4) is 0 Å². The topological polar surface area (TPSA) is 102 Å². The van der Waals surface area contributed by atoms with E-state index in [9.17, 15) is 8.42 Å². The van der Waals surface area contributed by atoms with Crippen LogP contribution in [0.2, 0.25) is 5.02 Å². The number of sulfonamides is 1. The zero-order valence-corrected chi connectivity index (χ0v) is 13.0. The molecule has 1 aromatic carbocycles. The minimum Gasteiger partial charge on any atom is -0.397 e. The molecule has 1 unspecified atom stereocenters. The molecule has 0 aliphatic rings. The monoisotopic (exact) mass is 322 g/mol. The van der Waals surface area contributed by atoms with E-state index in [-0.39, 0.29) is 30.2 Å². The van der Waals surface area contributed by atoms with Gasteiger partial charge in [-0.15, -0.1) is 0 Å². The average Bonchev–Trinajstić information content (AvgIpc) is 2.33. The van der Waals surface area contributed by atoms with Gasteiger partial charge in [0.15, 0.2) is 0 Å². The Hall–Kier alpha value is -0.860. The molecule has 1 atom stereocenters. The van der Waals surface area contributed by atoms with Crippen molar-refractivity contribution in [1.29, 1.82) is 0 Å². The zero-order chi connectivity index (χ0) is 15.3. The van der Waals surface area contributed by atoms with Gasteiger partial charge in [0.05, 0.1) is 22.2 Å². The number of aryl methyl sites for hydroxylation is 1. The summed E-state index contributed by atoms with van der Waals surface area (Å²) in [7, 11) is -2.29. The number of methoxy groups -OCH3 is 1. The highest BCUT2D eigenvalue weighted by atomic mass is 35.5. The molecule has 0 saturated carbocycles. The van der Waals surface area contributed by atoms with Crippen molar-refractivity contribution in [3.63, 3.8) is 0 Å². The largest absolute Gasteiger partial charge is 0.397 e. The molecule has 0 aliphatic heterocycles. The summed E-state index contributed by atoms with van der Waals surface area (Å²) in [6.07, 6.45) is 0.259. The number of anilines is 1. The number of nitrogen functional groups attached to an aromatic ring is 1. The maximum Gasteiger partial charge on any atom is 0.241 e. The van der Waals surface area contributed by atoms with Crippen LogP contribution in [0.25, 0.3) is 0 Å². The second-order valence-electron chi connectivity index (χ2n) is 4.43. The van der Waals surface area contributed by atoms with E-state index in [1.165, 1.54) is 19.2 Å². The summed E-state index contributed by atoms with van der Waals surface area (Å²) in [6, 6.07) is 2.32. The van der Waals surface area contributed by atoms with Gasteiger partial charge in [-0.3, -0.25) is 0 Å². The van der Waals surface area contributed by atoms with Gasteiger partial charge < -0.3 is 15.6 Å². The Balaban J connectivity index is 3.07. The van der Waals surface area contributed by atoms with E-state index in [2.05, 4.69) is 4.72 Å². The average molecular weight is 323 g/mol. The van der Waals surface area contributed by atoms with Crippen LogP contribution in [0.5, 0.6) is 0 Å². The number of rotatable bonds is 7. The summed E-state index contributed by atoms with van der Waals surface area (Å²) >= 11 is 5.85. The third kappa shape index (κ3) is 4.32. The molecule has 0 aliphatic carbocycles. The van der Waals surface area contributed by atoms with E-state index in [1.807, 2.05) is 0 Å². The first kappa shape index (κ1) is 17.2. The highest BCUT2D eigenvalue weighted by Gasteiger charge is 2.22. The van der Waals surface area contributed by atoms with E-state index in [0.29, 0.717) is 10.6 Å². The standard InChI is InChI=1S/C12H19ClN2O4S/c1-8-5-10(13)11(14)6-12(8)20(17,18)15-9(3-4-16)7-19-2/h5-6,9,15-16H,3-4,7,14H2,1-2H3. The molecule has 1 aromatic rings. The van der Waals surface area contributed by atoms with Crippen molar-refractivity contribution in [3.05, 3.63) is 22.7 Å². The molecular formula is C12H19ClN2O4S. The minimum absolute atomic E-state index is 0.0680. The van der Waals surface area contributed by atoms with Crippen LogP contribution in [-0.4, -0.2) is 39.9 Å². The minimum atomic E-state index is -3.75. The number of hydrogen-bond donors (Lipinski definition) is 3. The number of halogens is 1. The van der Waals surface area contributed by atoms with Gasteiger partial charge >= 0.3 is 0 Å². The third-order valence-electron chi connectivity index (χ3n) is 2.75. The summed E-state index contributed by atoms with van der Waals surface area (Å²) in [4.78, 5) is 0.0680.